The van der Waals surface area contributed by atoms with Gasteiger partial charge in [0.1, 0.15) is 18.8 Å². The fraction of sp³-hybridized carbons (Fsp3) is 0.733. The average Bonchev–Trinajstić information content (AvgIpc) is 3.05. The van der Waals surface area contributed by atoms with Crippen LogP contribution in [0.5, 0.6) is 0 Å². The first-order valence-electron chi connectivity index (χ1n) is 8.61. The van der Waals surface area contributed by atoms with Gasteiger partial charge in [0.15, 0.2) is 5.11 Å². The zero-order valence-electron chi connectivity index (χ0n) is 14.7. The van der Waals surface area contributed by atoms with Crippen molar-refractivity contribution >= 4 is 58.0 Å². The minimum Gasteiger partial charge on any atom is -0.338 e. The minimum absolute atomic E-state index is 0.150. The van der Waals surface area contributed by atoms with E-state index in [1.165, 1.54) is 43.0 Å². The van der Waals surface area contributed by atoms with Gasteiger partial charge in [-0.3, -0.25) is 10.2 Å². The number of nitrogens with zero attached hydrogens (tertiary/aromatic N) is 3. The van der Waals surface area contributed by atoms with Gasteiger partial charge in [-0.05, 0) is 18.6 Å². The van der Waals surface area contributed by atoms with Crippen molar-refractivity contribution in [3.05, 3.63) is 12.7 Å². The number of thiocarbonyl (C=S) groups is 1. The normalized spacial score (nSPS) is 12.5. The Kier molecular flexibility index (Phi) is 11.2. The summed E-state index contributed by atoms with van der Waals surface area (Å²) in [6, 6.07) is 0. The lowest BCUT2D eigenvalue weighted by Crippen LogP contribution is -2.56. The molecule has 0 aromatic carbocycles. The molecule has 1 atom stereocenters. The van der Waals surface area contributed by atoms with Gasteiger partial charge in [0.2, 0.25) is 9.70 Å². The van der Waals surface area contributed by atoms with Gasteiger partial charge < -0.3 is 10.6 Å². The van der Waals surface area contributed by atoms with Crippen LogP contribution in [0.2, 0.25) is 0 Å². The van der Waals surface area contributed by atoms with Crippen molar-refractivity contribution in [3.63, 3.8) is 0 Å². The Balaban J connectivity index is 2.34. The molecule has 0 fully saturated rings. The second-order valence-electron chi connectivity index (χ2n) is 5.87. The molecule has 0 bridgehead atoms. The quantitative estimate of drug-likeness (QED) is 0.209. The third kappa shape index (κ3) is 10.4. The van der Waals surface area contributed by atoms with E-state index in [0.29, 0.717) is 6.42 Å². The van der Waals surface area contributed by atoms with Gasteiger partial charge in [-0.25, -0.2) is 4.68 Å². The number of hydrogen-bond donors (Lipinski definition) is 3. The van der Waals surface area contributed by atoms with E-state index < -0.39 is 9.96 Å². The number of amides is 1. The maximum absolute atomic E-state index is 12.1. The summed E-state index contributed by atoms with van der Waals surface area (Å²) < 4.78 is -0.347. The number of aromatic nitrogens is 3. The van der Waals surface area contributed by atoms with Crippen molar-refractivity contribution in [1.29, 1.82) is 0 Å². The molecule has 0 aliphatic carbocycles. The number of unbranched alkanes of at least 4 members (excludes halogenated alkanes) is 6. The van der Waals surface area contributed by atoms with Crippen molar-refractivity contribution in [1.82, 2.24) is 25.5 Å². The van der Waals surface area contributed by atoms with E-state index in [4.69, 9.17) is 47.0 Å². The molecular weight excluding hydrogens is 419 g/mol. The number of hydrogen-bond acceptors (Lipinski definition) is 4. The van der Waals surface area contributed by atoms with Crippen LogP contribution in [0.25, 0.3) is 0 Å². The summed E-state index contributed by atoms with van der Waals surface area (Å²) in [6.45, 7) is 2.19. The number of nitrogens with one attached hydrogen (secondary N) is 3. The van der Waals surface area contributed by atoms with Gasteiger partial charge in [-0.1, -0.05) is 80.3 Å². The molecule has 0 aliphatic rings. The first kappa shape index (κ1) is 23.2. The maximum Gasteiger partial charge on any atom is 0.228 e. The molecule has 26 heavy (non-hydrogen) atoms. The van der Waals surface area contributed by atoms with Gasteiger partial charge in [0, 0.05) is 6.42 Å². The number of carbonyl (C=O) groups excluding carboxylic acids is 1. The lowest BCUT2D eigenvalue weighted by Gasteiger charge is -2.27. The SMILES string of the molecule is CCCCCCCCCC(=O)N[C@H](NC(=S)Nn1cnnc1)C(Cl)(Cl)Cl. The standard InChI is InChI=1S/C15H25Cl3N6OS/c1-2-3-4-5-6-7-8-9-12(25)21-13(15(16,17)18)22-14(26)23-24-10-19-20-11-24/h10-11,13H,2-9H2,1H3,(H,21,25)(H2,22,23,26)/t13-/m1/s1. The number of alkyl halides is 3. The molecular formula is C15H25Cl3N6OS. The Morgan fingerprint density at radius 1 is 1.08 bits per heavy atom. The molecule has 1 heterocycles. The van der Waals surface area contributed by atoms with Crippen molar-refractivity contribution < 1.29 is 4.79 Å². The topological polar surface area (TPSA) is 83.9 Å². The van der Waals surface area contributed by atoms with E-state index >= 15 is 0 Å². The van der Waals surface area contributed by atoms with Crippen LogP contribution >= 0.6 is 47.0 Å². The highest BCUT2D eigenvalue weighted by Crippen LogP contribution is 2.29. The Morgan fingerprint density at radius 3 is 2.23 bits per heavy atom. The van der Waals surface area contributed by atoms with Crippen molar-refractivity contribution in [3.8, 4) is 0 Å². The fourth-order valence-corrected chi connectivity index (χ4v) is 2.77. The molecule has 1 amide bonds. The average molecular weight is 444 g/mol. The Bertz CT molecular complexity index is 538. The van der Waals surface area contributed by atoms with Crippen LogP contribution in [-0.2, 0) is 4.79 Å². The summed E-state index contributed by atoms with van der Waals surface area (Å²) in [5.41, 5.74) is 2.76. The molecule has 0 radical (unpaired) electrons. The Labute approximate surface area is 174 Å². The third-order valence-corrected chi connectivity index (χ3v) is 4.43. The van der Waals surface area contributed by atoms with Gasteiger partial charge >= 0.3 is 0 Å². The number of carbonyl (C=O) groups is 1. The van der Waals surface area contributed by atoms with E-state index in [-0.39, 0.29) is 11.0 Å². The van der Waals surface area contributed by atoms with E-state index in [1.54, 1.807) is 0 Å². The predicted octanol–water partition coefficient (Wildman–Crippen LogP) is 3.65. The van der Waals surface area contributed by atoms with Crippen LogP contribution in [0.15, 0.2) is 12.7 Å². The van der Waals surface area contributed by atoms with E-state index in [2.05, 4.69) is 33.2 Å². The third-order valence-electron chi connectivity index (χ3n) is 3.56. The van der Waals surface area contributed by atoms with Gasteiger partial charge in [-0.2, -0.15) is 0 Å². The second kappa shape index (κ2) is 12.5. The molecule has 148 valence electrons. The molecule has 0 saturated carbocycles. The van der Waals surface area contributed by atoms with Crippen LogP contribution in [-0.4, -0.2) is 35.9 Å². The van der Waals surface area contributed by atoms with Crippen LogP contribution < -0.4 is 16.1 Å². The first-order valence-corrected chi connectivity index (χ1v) is 10.2. The molecule has 11 heteroatoms. The summed E-state index contributed by atoms with van der Waals surface area (Å²) >= 11 is 22.9. The van der Waals surface area contributed by atoms with Crippen LogP contribution in [0.1, 0.15) is 58.3 Å². The van der Waals surface area contributed by atoms with Crippen LogP contribution in [0.4, 0.5) is 0 Å². The second-order valence-corrected chi connectivity index (χ2v) is 8.65. The zero-order valence-corrected chi connectivity index (χ0v) is 17.8. The van der Waals surface area contributed by atoms with E-state index in [1.807, 2.05) is 0 Å². The van der Waals surface area contributed by atoms with Crippen molar-refractivity contribution in [2.24, 2.45) is 0 Å². The highest BCUT2D eigenvalue weighted by molar-refractivity contribution is 7.80. The summed E-state index contributed by atoms with van der Waals surface area (Å²) in [4.78, 5) is 12.1. The molecule has 0 spiro atoms. The Hall–Kier alpha value is -0.830. The molecule has 1 aromatic rings. The van der Waals surface area contributed by atoms with Gasteiger partial charge in [0.05, 0.1) is 0 Å². The Morgan fingerprint density at radius 2 is 1.65 bits per heavy atom. The van der Waals surface area contributed by atoms with E-state index in [0.717, 1.165) is 19.3 Å². The molecule has 1 aromatic heterocycles. The fourth-order valence-electron chi connectivity index (χ4n) is 2.21. The van der Waals surface area contributed by atoms with E-state index in [9.17, 15) is 4.79 Å². The number of halogens is 3. The molecule has 0 unspecified atom stereocenters. The molecule has 7 nitrogen and oxygen atoms in total. The maximum atomic E-state index is 12.1. The lowest BCUT2D eigenvalue weighted by molar-refractivity contribution is -0.122. The minimum atomic E-state index is -1.77. The zero-order chi connectivity index (χ0) is 19.4. The van der Waals surface area contributed by atoms with Crippen LogP contribution in [0.3, 0.4) is 0 Å². The monoisotopic (exact) mass is 442 g/mol. The molecule has 1 rings (SSSR count). The summed E-state index contributed by atoms with van der Waals surface area (Å²) in [5.74, 6) is -0.200. The summed E-state index contributed by atoms with van der Waals surface area (Å²) in [5, 5.41) is 12.8. The first-order chi connectivity index (χ1) is 12.3. The largest absolute Gasteiger partial charge is 0.338 e. The van der Waals surface area contributed by atoms with Gasteiger partial charge in [0.25, 0.3) is 0 Å². The predicted molar refractivity (Wildman–Crippen MR) is 110 cm³/mol. The van der Waals surface area contributed by atoms with Gasteiger partial charge in [-0.15, -0.1) is 10.2 Å². The molecule has 0 saturated heterocycles. The summed E-state index contributed by atoms with van der Waals surface area (Å²) in [6.07, 6.45) is 10.1. The smallest absolute Gasteiger partial charge is 0.228 e. The highest BCUT2D eigenvalue weighted by Gasteiger charge is 2.34. The molecule has 0 aliphatic heterocycles. The number of rotatable bonds is 11. The van der Waals surface area contributed by atoms with Crippen molar-refractivity contribution in [2.75, 3.05) is 5.43 Å². The summed E-state index contributed by atoms with van der Waals surface area (Å²) in [7, 11) is 0. The van der Waals surface area contributed by atoms with Crippen LogP contribution in [0, 0.1) is 0 Å². The molecule has 3 N–H and O–H groups in total. The lowest BCUT2D eigenvalue weighted by atomic mass is 10.1. The van der Waals surface area contributed by atoms with Crippen molar-refractivity contribution in [2.45, 2.75) is 68.2 Å². The highest BCUT2D eigenvalue weighted by atomic mass is 35.6.